The topological polar surface area (TPSA) is 47.3 Å². The van der Waals surface area contributed by atoms with Crippen LogP contribution in [0.1, 0.15) is 6.42 Å². The van der Waals surface area contributed by atoms with E-state index in [-0.39, 0.29) is 6.10 Å². The van der Waals surface area contributed by atoms with Crippen LogP contribution < -0.4 is 0 Å². The molecule has 52 valence electrons. The number of rotatable bonds is 0. The molecule has 1 rings (SSSR count). The molecule has 0 aromatic heterocycles. The lowest BCUT2D eigenvalue weighted by Gasteiger charge is -2.02. The number of hydrogen-bond donors (Lipinski definition) is 1. The van der Waals surface area contributed by atoms with Gasteiger partial charge >= 0.3 is 0 Å². The predicted octanol–water partition coefficient (Wildman–Crippen LogP) is -0.177. The summed E-state index contributed by atoms with van der Waals surface area (Å²) in [6.07, 6.45) is 0.904. The van der Waals surface area contributed by atoms with Crippen LogP contribution in [0.25, 0.3) is 0 Å². The van der Waals surface area contributed by atoms with E-state index in [1.54, 1.807) is 0 Å². The van der Waals surface area contributed by atoms with Gasteiger partial charge < -0.3 is 10.0 Å². The molecular formula is C6H12N2O. The first-order chi connectivity index (χ1) is 4.29. The predicted molar refractivity (Wildman–Crippen MR) is 34.8 cm³/mol. The second-order valence-corrected chi connectivity index (χ2v) is 2.20. The second kappa shape index (κ2) is 4.30. The molecule has 3 heteroatoms. The molecule has 0 aromatic carbocycles. The lowest BCUT2D eigenvalue weighted by molar-refractivity contribution is 0.183. The highest BCUT2D eigenvalue weighted by Crippen LogP contribution is 2.03. The van der Waals surface area contributed by atoms with Gasteiger partial charge in [-0.1, -0.05) is 0 Å². The van der Waals surface area contributed by atoms with E-state index in [0.717, 1.165) is 19.5 Å². The maximum atomic E-state index is 8.86. The minimum absolute atomic E-state index is 0.0509. The number of likely N-dealkylation sites (N-methyl/N-ethyl adjacent to an activating group) is 1. The molecule has 1 unspecified atom stereocenters. The quantitative estimate of drug-likeness (QED) is 0.492. The fourth-order valence-electron chi connectivity index (χ4n) is 0.912. The third-order valence-corrected chi connectivity index (χ3v) is 1.37. The lowest BCUT2D eigenvalue weighted by atomic mass is 10.3. The van der Waals surface area contributed by atoms with Crippen molar-refractivity contribution >= 4 is 0 Å². The van der Waals surface area contributed by atoms with Crippen LogP contribution in [0.3, 0.4) is 0 Å². The molecule has 1 aliphatic heterocycles. The lowest BCUT2D eigenvalue weighted by Crippen LogP contribution is -2.15. The molecule has 1 saturated heterocycles. The third kappa shape index (κ3) is 3.07. The zero-order chi connectivity index (χ0) is 7.28. The Morgan fingerprint density at radius 1 is 1.67 bits per heavy atom. The highest BCUT2D eigenvalue weighted by atomic mass is 16.3. The summed E-state index contributed by atoms with van der Waals surface area (Å²) < 4.78 is 0. The number of β-amino-alcohol motifs (C(OH)–C–C–N with tert-alkyl or cyclic N) is 1. The van der Waals surface area contributed by atoms with E-state index in [4.69, 9.17) is 10.4 Å². The van der Waals surface area contributed by atoms with E-state index >= 15 is 0 Å². The number of likely N-dealkylation sites (tertiary alicyclic amines) is 1. The van der Waals surface area contributed by atoms with E-state index in [9.17, 15) is 0 Å². The summed E-state index contributed by atoms with van der Waals surface area (Å²) in [7, 11) is 2.02. The summed E-state index contributed by atoms with van der Waals surface area (Å²) in [5, 5.41) is 15.4. The van der Waals surface area contributed by atoms with Crippen LogP contribution in [0.5, 0.6) is 0 Å². The van der Waals surface area contributed by atoms with Crippen molar-refractivity contribution in [2.24, 2.45) is 0 Å². The van der Waals surface area contributed by atoms with Crippen LogP contribution in [-0.4, -0.2) is 36.2 Å². The molecule has 1 aliphatic rings. The smallest absolute Gasteiger partial charge is 0.0679 e. The van der Waals surface area contributed by atoms with Crippen molar-refractivity contribution in [1.82, 2.24) is 4.90 Å². The van der Waals surface area contributed by atoms with Crippen molar-refractivity contribution in [2.75, 3.05) is 20.1 Å². The number of aliphatic hydroxyl groups is 1. The van der Waals surface area contributed by atoms with Gasteiger partial charge in [-0.3, -0.25) is 0 Å². The van der Waals surface area contributed by atoms with Gasteiger partial charge in [0.1, 0.15) is 0 Å². The van der Waals surface area contributed by atoms with Crippen molar-refractivity contribution in [2.45, 2.75) is 12.5 Å². The largest absolute Gasteiger partial charge is 0.392 e. The molecule has 1 fully saturated rings. The monoisotopic (exact) mass is 128 g/mol. The van der Waals surface area contributed by atoms with Crippen LogP contribution in [0.2, 0.25) is 0 Å². The minimum atomic E-state index is -0.0509. The molecule has 9 heavy (non-hydrogen) atoms. The fraction of sp³-hybridized carbons (Fsp3) is 0.833. The molecule has 3 nitrogen and oxygen atoms in total. The highest BCUT2D eigenvalue weighted by Gasteiger charge is 2.14. The maximum Gasteiger partial charge on any atom is 0.0679 e. The van der Waals surface area contributed by atoms with E-state index in [1.165, 1.54) is 0 Å². The van der Waals surface area contributed by atoms with Crippen LogP contribution >= 0.6 is 0 Å². The normalized spacial score (nSPS) is 26.9. The zero-order valence-corrected chi connectivity index (χ0v) is 5.62. The first-order valence-corrected chi connectivity index (χ1v) is 2.91. The average molecular weight is 128 g/mol. The summed E-state index contributed by atoms with van der Waals surface area (Å²) in [6.45, 7) is 5.42. The summed E-state index contributed by atoms with van der Waals surface area (Å²) in [4.78, 5) is 2.13. The Bertz CT molecular complexity index is 84.3. The minimum Gasteiger partial charge on any atom is -0.392 e. The molecule has 0 bridgehead atoms. The van der Waals surface area contributed by atoms with Gasteiger partial charge in [0.2, 0.25) is 0 Å². The Labute approximate surface area is 55.5 Å². The van der Waals surface area contributed by atoms with Gasteiger partial charge in [0.15, 0.2) is 0 Å². The van der Waals surface area contributed by atoms with Crippen molar-refractivity contribution in [1.29, 1.82) is 5.26 Å². The maximum absolute atomic E-state index is 8.86. The molecule has 1 atom stereocenters. The molecule has 1 N–H and O–H groups in total. The highest BCUT2D eigenvalue weighted by molar-refractivity contribution is 4.70. The fourth-order valence-corrected chi connectivity index (χ4v) is 0.912. The Morgan fingerprint density at radius 3 is 2.33 bits per heavy atom. The van der Waals surface area contributed by atoms with Gasteiger partial charge in [-0.05, 0) is 13.5 Å². The van der Waals surface area contributed by atoms with Crippen molar-refractivity contribution in [3.8, 4) is 6.57 Å². The third-order valence-electron chi connectivity index (χ3n) is 1.37. The van der Waals surface area contributed by atoms with Gasteiger partial charge in [0.25, 0.3) is 0 Å². The van der Waals surface area contributed by atoms with E-state index in [2.05, 4.69) is 11.5 Å². The van der Waals surface area contributed by atoms with Crippen molar-refractivity contribution in [3.63, 3.8) is 0 Å². The second-order valence-electron chi connectivity index (χ2n) is 2.20. The Kier molecular flexibility index (Phi) is 4.02. The molecule has 0 radical (unpaired) electrons. The van der Waals surface area contributed by atoms with E-state index in [0.29, 0.717) is 0 Å². The van der Waals surface area contributed by atoms with Gasteiger partial charge in [-0.25, -0.2) is 5.26 Å². The number of aliphatic hydroxyl groups excluding tert-OH is 1. The molecule has 0 saturated carbocycles. The number of nitriles is 1. The summed E-state index contributed by atoms with van der Waals surface area (Å²) in [5.41, 5.74) is 0. The molecule has 0 spiro atoms. The average Bonchev–Trinajstić information content (AvgIpc) is 2.20. The van der Waals surface area contributed by atoms with Crippen molar-refractivity contribution in [3.05, 3.63) is 0 Å². The van der Waals surface area contributed by atoms with E-state index < -0.39 is 0 Å². The molecular weight excluding hydrogens is 116 g/mol. The molecule has 0 aromatic rings. The summed E-state index contributed by atoms with van der Waals surface area (Å²) in [5.74, 6) is 0. The van der Waals surface area contributed by atoms with Crippen LogP contribution in [-0.2, 0) is 0 Å². The first kappa shape index (κ1) is 8.41. The van der Waals surface area contributed by atoms with Gasteiger partial charge in [-0.15, -0.1) is 0 Å². The van der Waals surface area contributed by atoms with Crippen molar-refractivity contribution < 1.29 is 5.11 Å². The Hall–Kier alpha value is -0.590. The summed E-state index contributed by atoms with van der Waals surface area (Å²) in [6, 6.07) is 0. The Morgan fingerprint density at radius 2 is 2.22 bits per heavy atom. The van der Waals surface area contributed by atoms with Gasteiger partial charge in [-0.2, -0.15) is 0 Å². The first-order valence-electron chi connectivity index (χ1n) is 2.91. The zero-order valence-electron chi connectivity index (χ0n) is 5.62. The van der Waals surface area contributed by atoms with Gasteiger partial charge in [0.05, 0.1) is 6.10 Å². The number of nitrogens with zero attached hydrogens (tertiary/aromatic N) is 2. The summed E-state index contributed by atoms with van der Waals surface area (Å²) >= 11 is 0. The molecule has 1 heterocycles. The molecule has 0 amide bonds. The SMILES string of the molecule is C#N.CN1CCC(O)C1. The standard InChI is InChI=1S/C5H11NO.CHN/c1-6-3-2-5(7)4-6;1-2/h5,7H,2-4H2,1H3;1H. The van der Waals surface area contributed by atoms with E-state index in [1.807, 2.05) is 7.05 Å². The van der Waals surface area contributed by atoms with Crippen LogP contribution in [0.15, 0.2) is 0 Å². The molecule has 0 aliphatic carbocycles. The van der Waals surface area contributed by atoms with Crippen LogP contribution in [0, 0.1) is 11.8 Å². The number of hydrogen-bond acceptors (Lipinski definition) is 3. The van der Waals surface area contributed by atoms with Gasteiger partial charge in [0, 0.05) is 19.7 Å². The van der Waals surface area contributed by atoms with Crippen LogP contribution in [0.4, 0.5) is 0 Å². The Balaban J connectivity index is 0.000000291.